The monoisotopic (exact) mass is 319 g/mol. The molecule has 0 bridgehead atoms. The van der Waals surface area contributed by atoms with E-state index in [0.29, 0.717) is 19.6 Å². The molecule has 1 aromatic carbocycles. The summed E-state index contributed by atoms with van der Waals surface area (Å²) in [6.07, 6.45) is 0.901. The lowest BCUT2D eigenvalue weighted by molar-refractivity contribution is -0.114. The number of carbonyl (C=O) groups is 2. The quantitative estimate of drug-likeness (QED) is 0.892. The number of ether oxygens (including phenoxy) is 1. The van der Waals surface area contributed by atoms with Gasteiger partial charge in [-0.05, 0) is 38.0 Å². The van der Waals surface area contributed by atoms with Crippen LogP contribution in [-0.2, 0) is 16.0 Å². The van der Waals surface area contributed by atoms with Crippen molar-refractivity contribution in [3.63, 3.8) is 0 Å². The highest BCUT2D eigenvalue weighted by Gasteiger charge is 2.25. The molecule has 23 heavy (non-hydrogen) atoms. The summed E-state index contributed by atoms with van der Waals surface area (Å²) in [6.45, 7) is 7.28. The number of anilines is 1. The molecule has 1 heterocycles. The number of nitrogens with one attached hydrogen (secondary N) is 2. The molecular formula is C17H25N3O3. The van der Waals surface area contributed by atoms with Gasteiger partial charge in [0.05, 0.1) is 12.2 Å². The molecule has 3 amide bonds. The Labute approximate surface area is 137 Å². The maximum absolute atomic E-state index is 12.2. The van der Waals surface area contributed by atoms with Gasteiger partial charge in [0.2, 0.25) is 5.91 Å². The van der Waals surface area contributed by atoms with Crippen molar-refractivity contribution in [2.24, 2.45) is 0 Å². The number of rotatable bonds is 4. The van der Waals surface area contributed by atoms with Crippen molar-refractivity contribution in [1.29, 1.82) is 0 Å². The Kier molecular flexibility index (Phi) is 5.98. The third kappa shape index (κ3) is 5.56. The van der Waals surface area contributed by atoms with E-state index in [9.17, 15) is 9.59 Å². The lowest BCUT2D eigenvalue weighted by Crippen LogP contribution is -2.51. The molecule has 1 saturated heterocycles. The first-order valence-electron chi connectivity index (χ1n) is 7.99. The fraction of sp³-hybridized carbons (Fsp3) is 0.529. The van der Waals surface area contributed by atoms with E-state index in [1.54, 1.807) is 4.90 Å². The lowest BCUT2D eigenvalue weighted by atomic mass is 10.1. The molecule has 0 radical (unpaired) electrons. The van der Waals surface area contributed by atoms with Gasteiger partial charge in [-0.3, -0.25) is 4.79 Å². The van der Waals surface area contributed by atoms with E-state index < -0.39 is 0 Å². The number of nitrogens with zero attached hydrogens (tertiary/aromatic N) is 1. The topological polar surface area (TPSA) is 70.7 Å². The molecule has 1 aromatic rings. The molecule has 6 heteroatoms. The second-order valence-electron chi connectivity index (χ2n) is 6.02. The number of carbonyl (C=O) groups excluding carboxylic acids is 2. The number of urea groups is 1. The van der Waals surface area contributed by atoms with Gasteiger partial charge in [-0.1, -0.05) is 12.1 Å². The van der Waals surface area contributed by atoms with Gasteiger partial charge in [-0.2, -0.15) is 0 Å². The summed E-state index contributed by atoms with van der Waals surface area (Å²) >= 11 is 0. The largest absolute Gasteiger partial charge is 0.372 e. The van der Waals surface area contributed by atoms with Gasteiger partial charge < -0.3 is 20.3 Å². The molecule has 2 unspecified atom stereocenters. The van der Waals surface area contributed by atoms with E-state index in [4.69, 9.17) is 4.74 Å². The molecular weight excluding hydrogens is 294 g/mol. The summed E-state index contributed by atoms with van der Waals surface area (Å²) < 4.78 is 5.63. The standard InChI is InChI=1S/C17H25N3O3/c1-12-10-20(11-13(2)23-12)17(22)18-9-8-15-4-6-16(7-5-15)19-14(3)21/h4-7,12-13H,8-11H2,1-3H3,(H,18,22)(H,19,21). The van der Waals surface area contributed by atoms with Crippen LogP contribution in [0, 0.1) is 0 Å². The first-order chi connectivity index (χ1) is 10.9. The van der Waals surface area contributed by atoms with Crippen LogP contribution in [0.15, 0.2) is 24.3 Å². The highest BCUT2D eigenvalue weighted by Crippen LogP contribution is 2.11. The second kappa shape index (κ2) is 7.97. The summed E-state index contributed by atoms with van der Waals surface area (Å²) in [6, 6.07) is 7.60. The van der Waals surface area contributed by atoms with Gasteiger partial charge in [0.15, 0.2) is 0 Å². The Hall–Kier alpha value is -2.08. The molecule has 6 nitrogen and oxygen atoms in total. The van der Waals surface area contributed by atoms with Crippen molar-refractivity contribution in [3.05, 3.63) is 29.8 Å². The van der Waals surface area contributed by atoms with Gasteiger partial charge in [0.1, 0.15) is 0 Å². The zero-order chi connectivity index (χ0) is 16.8. The highest BCUT2D eigenvalue weighted by atomic mass is 16.5. The summed E-state index contributed by atoms with van der Waals surface area (Å²) in [5, 5.41) is 5.68. The maximum atomic E-state index is 12.2. The van der Waals surface area contributed by atoms with Gasteiger partial charge in [-0.25, -0.2) is 4.79 Å². The second-order valence-corrected chi connectivity index (χ2v) is 6.02. The van der Waals surface area contributed by atoms with Gasteiger partial charge >= 0.3 is 6.03 Å². The van der Waals surface area contributed by atoms with Crippen molar-refractivity contribution in [2.45, 2.75) is 39.4 Å². The van der Waals surface area contributed by atoms with Crippen molar-refractivity contribution >= 4 is 17.6 Å². The van der Waals surface area contributed by atoms with Crippen LogP contribution in [0.4, 0.5) is 10.5 Å². The van der Waals surface area contributed by atoms with E-state index >= 15 is 0 Å². The van der Waals surface area contributed by atoms with Crippen LogP contribution in [0.5, 0.6) is 0 Å². The summed E-state index contributed by atoms with van der Waals surface area (Å²) in [4.78, 5) is 24.9. The van der Waals surface area contributed by atoms with Crippen LogP contribution in [0.3, 0.4) is 0 Å². The molecule has 2 rings (SSSR count). The van der Waals surface area contributed by atoms with E-state index in [2.05, 4.69) is 10.6 Å². The molecule has 2 N–H and O–H groups in total. The highest BCUT2D eigenvalue weighted by molar-refractivity contribution is 5.88. The first kappa shape index (κ1) is 17.3. The Bertz CT molecular complexity index is 535. The first-order valence-corrected chi connectivity index (χ1v) is 7.99. The zero-order valence-corrected chi connectivity index (χ0v) is 14.0. The number of hydrogen-bond acceptors (Lipinski definition) is 3. The molecule has 0 aromatic heterocycles. The van der Waals surface area contributed by atoms with Crippen molar-refractivity contribution in [2.75, 3.05) is 25.0 Å². The Balaban J connectivity index is 1.76. The summed E-state index contributed by atoms with van der Waals surface area (Å²) in [7, 11) is 0. The Morgan fingerprint density at radius 2 is 1.78 bits per heavy atom. The van der Waals surface area contributed by atoms with Gasteiger partial charge in [0, 0.05) is 32.2 Å². The van der Waals surface area contributed by atoms with Crippen LogP contribution >= 0.6 is 0 Å². The molecule has 1 fully saturated rings. The molecule has 2 atom stereocenters. The van der Waals surface area contributed by atoms with Crippen molar-refractivity contribution < 1.29 is 14.3 Å². The minimum absolute atomic E-state index is 0.0399. The van der Waals surface area contributed by atoms with Crippen molar-refractivity contribution in [1.82, 2.24) is 10.2 Å². The number of benzene rings is 1. The number of morpholine rings is 1. The average Bonchev–Trinajstić information content (AvgIpc) is 2.47. The van der Waals surface area contributed by atoms with E-state index in [1.807, 2.05) is 38.1 Å². The molecule has 0 saturated carbocycles. The van der Waals surface area contributed by atoms with Gasteiger partial charge in [-0.15, -0.1) is 0 Å². The van der Waals surface area contributed by atoms with E-state index in [-0.39, 0.29) is 24.1 Å². The molecule has 0 aliphatic carbocycles. The van der Waals surface area contributed by atoms with E-state index in [0.717, 1.165) is 17.7 Å². The fourth-order valence-electron chi connectivity index (χ4n) is 2.73. The number of hydrogen-bond donors (Lipinski definition) is 2. The smallest absolute Gasteiger partial charge is 0.317 e. The Morgan fingerprint density at radius 3 is 2.35 bits per heavy atom. The molecule has 126 valence electrons. The third-order valence-electron chi connectivity index (χ3n) is 3.67. The summed E-state index contributed by atoms with van der Waals surface area (Å²) in [5.41, 5.74) is 1.89. The van der Waals surface area contributed by atoms with Crippen molar-refractivity contribution in [3.8, 4) is 0 Å². The Morgan fingerprint density at radius 1 is 1.17 bits per heavy atom. The summed E-state index contributed by atoms with van der Waals surface area (Å²) in [5.74, 6) is -0.0843. The molecule has 1 aliphatic heterocycles. The minimum Gasteiger partial charge on any atom is -0.372 e. The maximum Gasteiger partial charge on any atom is 0.317 e. The minimum atomic E-state index is -0.0843. The van der Waals surface area contributed by atoms with Crippen LogP contribution < -0.4 is 10.6 Å². The molecule has 0 spiro atoms. The third-order valence-corrected chi connectivity index (χ3v) is 3.67. The predicted octanol–water partition coefficient (Wildman–Crippen LogP) is 2.01. The van der Waals surface area contributed by atoms with Crippen LogP contribution in [0.2, 0.25) is 0 Å². The zero-order valence-electron chi connectivity index (χ0n) is 14.0. The normalized spacial score (nSPS) is 20.9. The predicted molar refractivity (Wildman–Crippen MR) is 89.4 cm³/mol. The number of amides is 3. The SMILES string of the molecule is CC(=O)Nc1ccc(CCNC(=O)N2CC(C)OC(C)C2)cc1. The fourth-order valence-corrected chi connectivity index (χ4v) is 2.73. The average molecular weight is 319 g/mol. The van der Waals surface area contributed by atoms with Gasteiger partial charge in [0.25, 0.3) is 0 Å². The molecule has 1 aliphatic rings. The lowest BCUT2D eigenvalue weighted by Gasteiger charge is -2.35. The van der Waals surface area contributed by atoms with Crippen LogP contribution in [0.1, 0.15) is 26.3 Å². The van der Waals surface area contributed by atoms with E-state index in [1.165, 1.54) is 6.92 Å². The van der Waals surface area contributed by atoms with Crippen LogP contribution in [0.25, 0.3) is 0 Å². The van der Waals surface area contributed by atoms with Crippen LogP contribution in [-0.4, -0.2) is 48.7 Å².